The summed E-state index contributed by atoms with van der Waals surface area (Å²) in [5, 5.41) is 6.95. The molecule has 0 spiro atoms. The maximum absolute atomic E-state index is 6.95. The number of rotatable bonds is 3. The minimum Gasteiger partial charge on any atom is -0.485 e. The zero-order valence-corrected chi connectivity index (χ0v) is 7.97. The first-order valence-corrected chi connectivity index (χ1v) is 4.19. The Balaban J connectivity index is 2.63. The van der Waals surface area contributed by atoms with Crippen LogP contribution in [0.2, 0.25) is 0 Å². The summed E-state index contributed by atoms with van der Waals surface area (Å²) >= 11 is 3.31. The van der Waals surface area contributed by atoms with Crippen LogP contribution in [-0.4, -0.2) is 12.4 Å². The van der Waals surface area contributed by atoms with Crippen LogP contribution in [0.3, 0.4) is 0 Å². The van der Waals surface area contributed by atoms with Gasteiger partial charge >= 0.3 is 0 Å². The van der Waals surface area contributed by atoms with Gasteiger partial charge in [0.05, 0.1) is 4.47 Å². The third kappa shape index (κ3) is 2.54. The van der Waals surface area contributed by atoms with Gasteiger partial charge in [0.15, 0.2) is 0 Å². The summed E-state index contributed by atoms with van der Waals surface area (Å²) in [7, 11) is 0. The second-order valence-corrected chi connectivity index (χ2v) is 3.10. The van der Waals surface area contributed by atoms with E-state index in [4.69, 9.17) is 15.9 Å². The van der Waals surface area contributed by atoms with Crippen molar-refractivity contribution in [2.24, 2.45) is 5.73 Å². The van der Waals surface area contributed by atoms with E-state index in [9.17, 15) is 0 Å². The van der Waals surface area contributed by atoms with Gasteiger partial charge in [-0.25, -0.2) is 0 Å². The van der Waals surface area contributed by atoms with Crippen molar-refractivity contribution in [1.82, 2.24) is 0 Å². The monoisotopic (exact) mass is 228 g/mol. The molecule has 0 saturated carbocycles. The van der Waals surface area contributed by atoms with E-state index in [1.54, 1.807) is 0 Å². The molecule has 1 aromatic carbocycles. The van der Waals surface area contributed by atoms with Crippen LogP contribution in [0, 0.1) is 5.41 Å². The van der Waals surface area contributed by atoms with Crippen molar-refractivity contribution >= 4 is 21.8 Å². The zero-order valence-electron chi connectivity index (χ0n) is 6.38. The Kier molecular flexibility index (Phi) is 3.10. The lowest BCUT2D eigenvalue weighted by molar-refractivity contribution is 0.372. The second kappa shape index (κ2) is 4.11. The third-order valence-corrected chi connectivity index (χ3v) is 1.87. The fourth-order valence-electron chi connectivity index (χ4n) is 0.717. The van der Waals surface area contributed by atoms with Gasteiger partial charge in [0.1, 0.15) is 18.2 Å². The highest BCUT2D eigenvalue weighted by Crippen LogP contribution is 2.23. The molecule has 1 rings (SSSR count). The SMILES string of the molecule is N=C(N)COc1ccccc1Br. The number of hydrogen-bond donors (Lipinski definition) is 2. The van der Waals surface area contributed by atoms with E-state index in [0.29, 0.717) is 5.75 Å². The fraction of sp³-hybridized carbons (Fsp3) is 0.125. The van der Waals surface area contributed by atoms with E-state index in [-0.39, 0.29) is 12.4 Å². The summed E-state index contributed by atoms with van der Waals surface area (Å²) in [5.41, 5.74) is 5.13. The predicted octanol–water partition coefficient (Wildman–Crippen LogP) is 1.76. The Hall–Kier alpha value is -1.03. The molecular weight excluding hydrogens is 220 g/mol. The Bertz CT molecular complexity index is 288. The molecule has 4 heteroatoms. The molecule has 0 radical (unpaired) electrons. The van der Waals surface area contributed by atoms with Gasteiger partial charge in [-0.3, -0.25) is 5.41 Å². The van der Waals surface area contributed by atoms with Gasteiger partial charge in [-0.15, -0.1) is 0 Å². The smallest absolute Gasteiger partial charge is 0.145 e. The minimum absolute atomic E-state index is 0.0192. The van der Waals surface area contributed by atoms with E-state index in [0.717, 1.165) is 4.47 Å². The van der Waals surface area contributed by atoms with Crippen molar-refractivity contribution in [2.45, 2.75) is 0 Å². The van der Waals surface area contributed by atoms with Crippen LogP contribution in [0.25, 0.3) is 0 Å². The van der Waals surface area contributed by atoms with Crippen molar-refractivity contribution in [3.05, 3.63) is 28.7 Å². The summed E-state index contributed by atoms with van der Waals surface area (Å²) in [6.07, 6.45) is 0. The summed E-state index contributed by atoms with van der Waals surface area (Å²) in [6.45, 7) is 0.128. The average molecular weight is 229 g/mol. The molecule has 12 heavy (non-hydrogen) atoms. The molecule has 0 aromatic heterocycles. The number of nitrogens with one attached hydrogen (secondary N) is 1. The van der Waals surface area contributed by atoms with Crippen molar-refractivity contribution < 1.29 is 4.74 Å². The Morgan fingerprint density at radius 3 is 2.75 bits per heavy atom. The van der Waals surface area contributed by atoms with Gasteiger partial charge in [0.25, 0.3) is 0 Å². The molecule has 3 nitrogen and oxygen atoms in total. The Labute approximate surface area is 79.2 Å². The number of benzene rings is 1. The molecule has 0 atom stereocenters. The number of hydrogen-bond acceptors (Lipinski definition) is 2. The summed E-state index contributed by atoms with van der Waals surface area (Å²) < 4.78 is 6.07. The van der Waals surface area contributed by atoms with E-state index >= 15 is 0 Å². The fourth-order valence-corrected chi connectivity index (χ4v) is 1.12. The molecule has 0 aliphatic heterocycles. The molecule has 0 saturated heterocycles. The van der Waals surface area contributed by atoms with Crippen LogP contribution in [0.1, 0.15) is 0 Å². The molecule has 0 amide bonds. The summed E-state index contributed by atoms with van der Waals surface area (Å²) in [6, 6.07) is 7.44. The van der Waals surface area contributed by atoms with Crippen molar-refractivity contribution in [2.75, 3.05) is 6.61 Å². The lowest BCUT2D eigenvalue weighted by Crippen LogP contribution is -2.19. The lowest BCUT2D eigenvalue weighted by atomic mass is 10.3. The Morgan fingerprint density at radius 1 is 1.50 bits per heavy atom. The Morgan fingerprint density at radius 2 is 2.17 bits per heavy atom. The summed E-state index contributed by atoms with van der Waals surface area (Å²) in [5.74, 6) is 0.721. The first-order valence-electron chi connectivity index (χ1n) is 3.40. The molecule has 64 valence electrons. The second-order valence-electron chi connectivity index (χ2n) is 2.24. The van der Waals surface area contributed by atoms with Gasteiger partial charge in [-0.2, -0.15) is 0 Å². The van der Waals surface area contributed by atoms with Crippen LogP contribution in [0.4, 0.5) is 0 Å². The average Bonchev–Trinajstić information content (AvgIpc) is 2.03. The van der Waals surface area contributed by atoms with Crippen LogP contribution in [0.5, 0.6) is 5.75 Å². The third-order valence-electron chi connectivity index (χ3n) is 1.22. The molecule has 0 bridgehead atoms. The lowest BCUT2D eigenvalue weighted by Gasteiger charge is -2.05. The van der Waals surface area contributed by atoms with E-state index in [1.807, 2.05) is 24.3 Å². The van der Waals surface area contributed by atoms with Crippen LogP contribution >= 0.6 is 15.9 Å². The number of para-hydroxylation sites is 1. The molecule has 3 N–H and O–H groups in total. The number of halogens is 1. The topological polar surface area (TPSA) is 59.1 Å². The van der Waals surface area contributed by atoms with Crippen molar-refractivity contribution in [1.29, 1.82) is 5.41 Å². The highest BCUT2D eigenvalue weighted by molar-refractivity contribution is 9.10. The number of ether oxygens (including phenoxy) is 1. The number of nitrogens with two attached hydrogens (primary N) is 1. The van der Waals surface area contributed by atoms with Gasteiger partial charge in [-0.1, -0.05) is 12.1 Å². The van der Waals surface area contributed by atoms with Gasteiger partial charge in [0, 0.05) is 0 Å². The number of amidine groups is 1. The van der Waals surface area contributed by atoms with Crippen LogP contribution < -0.4 is 10.5 Å². The zero-order chi connectivity index (χ0) is 8.97. The molecule has 1 aromatic rings. The highest BCUT2D eigenvalue weighted by Gasteiger charge is 1.98. The van der Waals surface area contributed by atoms with E-state index in [1.165, 1.54) is 0 Å². The predicted molar refractivity (Wildman–Crippen MR) is 51.6 cm³/mol. The molecule has 0 aliphatic carbocycles. The maximum Gasteiger partial charge on any atom is 0.145 e. The minimum atomic E-state index is 0.0192. The van der Waals surface area contributed by atoms with Gasteiger partial charge < -0.3 is 10.5 Å². The van der Waals surface area contributed by atoms with E-state index < -0.39 is 0 Å². The first-order chi connectivity index (χ1) is 5.70. The van der Waals surface area contributed by atoms with E-state index in [2.05, 4.69) is 15.9 Å². The standard InChI is InChI=1S/C8H9BrN2O/c9-6-3-1-2-4-7(6)12-5-8(10)11/h1-4H,5H2,(H3,10,11). The molecule has 0 heterocycles. The largest absolute Gasteiger partial charge is 0.485 e. The van der Waals surface area contributed by atoms with Gasteiger partial charge in [-0.05, 0) is 28.1 Å². The highest BCUT2D eigenvalue weighted by atomic mass is 79.9. The quantitative estimate of drug-likeness (QED) is 0.612. The summed E-state index contributed by atoms with van der Waals surface area (Å²) in [4.78, 5) is 0. The normalized spacial score (nSPS) is 9.42. The molecule has 0 fully saturated rings. The molecular formula is C8H9BrN2O. The van der Waals surface area contributed by atoms with Crippen LogP contribution in [0.15, 0.2) is 28.7 Å². The first kappa shape index (κ1) is 9.06. The van der Waals surface area contributed by atoms with Crippen molar-refractivity contribution in [3.8, 4) is 5.75 Å². The maximum atomic E-state index is 6.95. The van der Waals surface area contributed by atoms with Crippen molar-refractivity contribution in [3.63, 3.8) is 0 Å². The van der Waals surface area contributed by atoms with Gasteiger partial charge in [0.2, 0.25) is 0 Å². The van der Waals surface area contributed by atoms with Crippen LogP contribution in [-0.2, 0) is 0 Å². The molecule has 0 aliphatic rings. The molecule has 0 unspecified atom stereocenters.